The van der Waals surface area contributed by atoms with E-state index in [0.717, 1.165) is 22.7 Å². The molecule has 0 unspecified atom stereocenters. The minimum absolute atomic E-state index is 0.0988. The molecule has 0 bridgehead atoms. The van der Waals surface area contributed by atoms with E-state index in [1.807, 2.05) is 48.5 Å². The molecule has 4 aromatic rings. The zero-order valence-corrected chi connectivity index (χ0v) is 15.8. The number of rotatable bonds is 5. The van der Waals surface area contributed by atoms with Gasteiger partial charge in [0.1, 0.15) is 9.71 Å². The smallest absolute Gasteiger partial charge is 0.348 e. The van der Waals surface area contributed by atoms with Crippen LogP contribution in [-0.2, 0) is 5.75 Å². The summed E-state index contributed by atoms with van der Waals surface area (Å²) in [6, 6.07) is 19.7. The minimum Gasteiger partial charge on any atom is -0.477 e. The second-order valence-corrected chi connectivity index (χ2v) is 7.77. The number of aromatic carboxylic acids is 1. The van der Waals surface area contributed by atoms with Gasteiger partial charge in [0.15, 0.2) is 5.16 Å². The highest BCUT2D eigenvalue weighted by molar-refractivity contribution is 7.98. The number of hydrogen-bond donors (Lipinski definition) is 2. The molecule has 0 saturated carbocycles. The molecule has 0 aliphatic heterocycles. The molecule has 7 heteroatoms. The lowest BCUT2D eigenvalue weighted by molar-refractivity contribution is 0.0703. The Balaban J connectivity index is 1.83. The number of anilines is 1. The van der Waals surface area contributed by atoms with Crippen molar-refractivity contribution in [2.75, 3.05) is 5.73 Å². The van der Waals surface area contributed by atoms with Crippen LogP contribution in [0.1, 0.15) is 15.2 Å². The van der Waals surface area contributed by atoms with Crippen molar-refractivity contribution in [1.29, 1.82) is 0 Å². The van der Waals surface area contributed by atoms with Crippen molar-refractivity contribution in [3.8, 4) is 11.3 Å². The molecule has 0 atom stereocenters. The van der Waals surface area contributed by atoms with Gasteiger partial charge in [-0.25, -0.2) is 14.8 Å². The van der Waals surface area contributed by atoms with E-state index in [1.165, 1.54) is 17.3 Å². The molecule has 0 radical (unpaired) electrons. The topological polar surface area (TPSA) is 89.1 Å². The number of nitrogens with zero attached hydrogens (tertiary/aromatic N) is 2. The second kappa shape index (κ2) is 7.38. The average molecular weight is 393 g/mol. The Kier molecular flexibility index (Phi) is 4.79. The third-order valence-electron chi connectivity index (χ3n) is 4.02. The van der Waals surface area contributed by atoms with Crippen LogP contribution in [-0.4, -0.2) is 21.0 Å². The number of carboxylic acids is 1. The Hall–Kier alpha value is -2.90. The quantitative estimate of drug-likeness (QED) is 0.369. The summed E-state index contributed by atoms with van der Waals surface area (Å²) in [7, 11) is 0. The van der Waals surface area contributed by atoms with E-state index < -0.39 is 5.97 Å². The van der Waals surface area contributed by atoms with Crippen LogP contribution in [0.2, 0.25) is 0 Å². The van der Waals surface area contributed by atoms with Crippen LogP contribution >= 0.6 is 23.1 Å². The van der Waals surface area contributed by atoms with E-state index >= 15 is 0 Å². The van der Waals surface area contributed by atoms with Gasteiger partial charge in [-0.1, -0.05) is 72.4 Å². The summed E-state index contributed by atoms with van der Waals surface area (Å²) in [5, 5.41) is 10.6. The van der Waals surface area contributed by atoms with Crippen LogP contribution in [0.25, 0.3) is 21.5 Å². The standard InChI is InChI=1S/C20H15N3O2S2/c21-15-14-16(13-9-5-2-6-10-13)22-20(23-18(14)27-17(15)19(24)25)26-11-12-7-3-1-4-8-12/h1-10H,11,21H2,(H,24,25). The molecular formula is C20H15N3O2S2. The number of carboxylic acid groups (broad SMARTS) is 1. The first kappa shape index (κ1) is 17.5. The molecule has 3 N–H and O–H groups in total. The van der Waals surface area contributed by atoms with E-state index in [4.69, 9.17) is 10.7 Å². The Labute approximate surface area is 163 Å². The van der Waals surface area contributed by atoms with Crippen LogP contribution in [0.3, 0.4) is 0 Å². The molecule has 0 spiro atoms. The molecule has 0 fully saturated rings. The molecule has 0 saturated heterocycles. The first-order valence-corrected chi connectivity index (χ1v) is 9.99. The summed E-state index contributed by atoms with van der Waals surface area (Å²) < 4.78 is 0. The number of aromatic nitrogens is 2. The molecule has 134 valence electrons. The predicted octanol–water partition coefficient (Wildman–Crippen LogP) is 4.93. The Morgan fingerprint density at radius 1 is 1.04 bits per heavy atom. The van der Waals surface area contributed by atoms with Crippen molar-refractivity contribution in [2.45, 2.75) is 10.9 Å². The number of thioether (sulfide) groups is 1. The lowest BCUT2D eigenvalue weighted by atomic mass is 10.1. The lowest BCUT2D eigenvalue weighted by Gasteiger charge is -2.07. The highest BCUT2D eigenvalue weighted by Gasteiger charge is 2.21. The number of thiophene rings is 1. The third-order valence-corrected chi connectivity index (χ3v) is 6.03. The van der Waals surface area contributed by atoms with Crippen molar-refractivity contribution in [2.24, 2.45) is 0 Å². The van der Waals surface area contributed by atoms with Crippen LogP contribution in [0.5, 0.6) is 0 Å². The van der Waals surface area contributed by atoms with Gasteiger partial charge in [0.2, 0.25) is 0 Å². The molecule has 0 aliphatic rings. The average Bonchev–Trinajstić information content (AvgIpc) is 3.04. The van der Waals surface area contributed by atoms with Crippen LogP contribution in [0, 0.1) is 0 Å². The summed E-state index contributed by atoms with van der Waals surface area (Å²) in [5.74, 6) is -0.319. The fourth-order valence-corrected chi connectivity index (χ4v) is 4.54. The van der Waals surface area contributed by atoms with Crippen molar-refractivity contribution < 1.29 is 9.90 Å². The lowest BCUT2D eigenvalue weighted by Crippen LogP contribution is -1.98. The van der Waals surface area contributed by atoms with Crippen molar-refractivity contribution in [3.63, 3.8) is 0 Å². The third kappa shape index (κ3) is 3.51. The highest BCUT2D eigenvalue weighted by Crippen LogP contribution is 2.39. The molecule has 0 amide bonds. The summed E-state index contributed by atoms with van der Waals surface area (Å²) in [6.45, 7) is 0. The number of benzene rings is 2. The number of carbonyl (C=O) groups is 1. The SMILES string of the molecule is Nc1c(C(=O)O)sc2nc(SCc3ccccc3)nc(-c3ccccc3)c12. The minimum atomic E-state index is -1.05. The molecule has 2 aromatic heterocycles. The zero-order chi connectivity index (χ0) is 18.8. The number of hydrogen-bond acceptors (Lipinski definition) is 6. The first-order chi connectivity index (χ1) is 13.1. The molecule has 5 nitrogen and oxygen atoms in total. The highest BCUT2D eigenvalue weighted by atomic mass is 32.2. The summed E-state index contributed by atoms with van der Waals surface area (Å²) in [5.41, 5.74) is 9.08. The zero-order valence-electron chi connectivity index (χ0n) is 14.1. The van der Waals surface area contributed by atoms with Crippen LogP contribution < -0.4 is 5.73 Å². The second-order valence-electron chi connectivity index (χ2n) is 5.83. The Bertz CT molecular complexity index is 1110. The van der Waals surface area contributed by atoms with Gasteiger partial charge in [0.05, 0.1) is 16.8 Å². The summed E-state index contributed by atoms with van der Waals surface area (Å²) >= 11 is 2.60. The van der Waals surface area contributed by atoms with E-state index in [2.05, 4.69) is 17.1 Å². The van der Waals surface area contributed by atoms with Gasteiger partial charge in [0.25, 0.3) is 0 Å². The van der Waals surface area contributed by atoms with Gasteiger partial charge >= 0.3 is 5.97 Å². The van der Waals surface area contributed by atoms with Crippen LogP contribution in [0.15, 0.2) is 65.8 Å². The van der Waals surface area contributed by atoms with Gasteiger partial charge in [-0.2, -0.15) is 0 Å². The molecule has 2 aromatic carbocycles. The largest absolute Gasteiger partial charge is 0.477 e. The maximum absolute atomic E-state index is 11.5. The fraction of sp³-hybridized carbons (Fsp3) is 0.0500. The van der Waals surface area contributed by atoms with E-state index in [9.17, 15) is 9.90 Å². The van der Waals surface area contributed by atoms with Crippen molar-refractivity contribution in [1.82, 2.24) is 9.97 Å². The first-order valence-electron chi connectivity index (χ1n) is 8.19. The molecule has 2 heterocycles. The van der Waals surface area contributed by atoms with Crippen molar-refractivity contribution >= 4 is 45.0 Å². The van der Waals surface area contributed by atoms with Gasteiger partial charge in [-0.15, -0.1) is 11.3 Å². The van der Waals surface area contributed by atoms with E-state index in [1.54, 1.807) is 0 Å². The van der Waals surface area contributed by atoms with Gasteiger partial charge in [0, 0.05) is 11.3 Å². The monoisotopic (exact) mass is 393 g/mol. The summed E-state index contributed by atoms with van der Waals surface area (Å²) in [6.07, 6.45) is 0. The summed E-state index contributed by atoms with van der Waals surface area (Å²) in [4.78, 5) is 21.5. The van der Waals surface area contributed by atoms with Crippen LogP contribution in [0.4, 0.5) is 5.69 Å². The van der Waals surface area contributed by atoms with Gasteiger partial charge in [-0.3, -0.25) is 0 Å². The predicted molar refractivity (Wildman–Crippen MR) is 110 cm³/mol. The molecular weight excluding hydrogens is 378 g/mol. The number of nitrogens with two attached hydrogens (primary N) is 1. The number of fused-ring (bicyclic) bond motifs is 1. The van der Waals surface area contributed by atoms with E-state index in [-0.39, 0.29) is 10.6 Å². The Morgan fingerprint density at radius 3 is 2.37 bits per heavy atom. The maximum atomic E-state index is 11.5. The van der Waals surface area contributed by atoms with Gasteiger partial charge < -0.3 is 10.8 Å². The normalized spacial score (nSPS) is 11.0. The number of nitrogen functional groups attached to an aromatic ring is 1. The molecule has 4 rings (SSSR count). The Morgan fingerprint density at radius 2 is 1.70 bits per heavy atom. The van der Waals surface area contributed by atoms with Gasteiger partial charge in [-0.05, 0) is 5.56 Å². The van der Waals surface area contributed by atoms with E-state index in [0.29, 0.717) is 21.1 Å². The molecule has 0 aliphatic carbocycles. The molecule has 27 heavy (non-hydrogen) atoms. The maximum Gasteiger partial charge on any atom is 0.348 e. The van der Waals surface area contributed by atoms with Crippen molar-refractivity contribution in [3.05, 3.63) is 71.1 Å². The fourth-order valence-electron chi connectivity index (χ4n) is 2.75.